The SMILES string of the molecule is COC(=O)CCCc1ccc(OCCOCCO)cc1. The van der Waals surface area contributed by atoms with Gasteiger partial charge in [0, 0.05) is 6.42 Å². The predicted molar refractivity (Wildman–Crippen MR) is 74.8 cm³/mol. The van der Waals surface area contributed by atoms with Gasteiger partial charge in [0.25, 0.3) is 0 Å². The molecule has 1 rings (SSSR count). The Hall–Kier alpha value is -1.59. The van der Waals surface area contributed by atoms with Crippen LogP contribution in [0.1, 0.15) is 18.4 Å². The van der Waals surface area contributed by atoms with E-state index in [1.807, 2.05) is 24.3 Å². The number of hydrogen-bond donors (Lipinski definition) is 1. The van der Waals surface area contributed by atoms with Crippen LogP contribution in [-0.4, -0.2) is 44.6 Å². The molecule has 0 aliphatic rings. The summed E-state index contributed by atoms with van der Waals surface area (Å²) in [7, 11) is 1.40. The van der Waals surface area contributed by atoms with Crippen molar-refractivity contribution >= 4 is 5.97 Å². The van der Waals surface area contributed by atoms with Gasteiger partial charge >= 0.3 is 5.97 Å². The minimum Gasteiger partial charge on any atom is -0.491 e. The molecular formula is C15H22O5. The molecule has 1 aromatic rings. The molecule has 0 radical (unpaired) electrons. The summed E-state index contributed by atoms with van der Waals surface area (Å²) in [6.45, 7) is 1.28. The third-order valence-electron chi connectivity index (χ3n) is 2.73. The van der Waals surface area contributed by atoms with Gasteiger partial charge in [0.1, 0.15) is 12.4 Å². The van der Waals surface area contributed by atoms with Crippen LogP contribution in [0.4, 0.5) is 0 Å². The third-order valence-corrected chi connectivity index (χ3v) is 2.73. The summed E-state index contributed by atoms with van der Waals surface area (Å²) in [6, 6.07) is 7.78. The van der Waals surface area contributed by atoms with Gasteiger partial charge in [-0.3, -0.25) is 4.79 Å². The number of aliphatic hydroxyl groups excluding tert-OH is 1. The zero-order valence-corrected chi connectivity index (χ0v) is 11.8. The smallest absolute Gasteiger partial charge is 0.305 e. The van der Waals surface area contributed by atoms with Crippen LogP contribution in [0.3, 0.4) is 0 Å². The highest BCUT2D eigenvalue weighted by Crippen LogP contribution is 2.14. The third kappa shape index (κ3) is 7.11. The van der Waals surface area contributed by atoms with E-state index >= 15 is 0 Å². The highest BCUT2D eigenvalue weighted by molar-refractivity contribution is 5.69. The van der Waals surface area contributed by atoms with E-state index in [0.717, 1.165) is 24.2 Å². The fraction of sp³-hybridized carbons (Fsp3) is 0.533. The topological polar surface area (TPSA) is 65.0 Å². The number of aliphatic hydroxyl groups is 1. The van der Waals surface area contributed by atoms with E-state index in [1.165, 1.54) is 7.11 Å². The largest absolute Gasteiger partial charge is 0.491 e. The van der Waals surface area contributed by atoms with Crippen LogP contribution in [0.25, 0.3) is 0 Å². The van der Waals surface area contributed by atoms with Gasteiger partial charge in [0.15, 0.2) is 0 Å². The number of hydrogen-bond acceptors (Lipinski definition) is 5. The lowest BCUT2D eigenvalue weighted by Crippen LogP contribution is -2.09. The fourth-order valence-electron chi connectivity index (χ4n) is 1.68. The van der Waals surface area contributed by atoms with Gasteiger partial charge in [-0.05, 0) is 30.5 Å². The Morgan fingerprint density at radius 1 is 1.15 bits per heavy atom. The molecule has 1 aromatic carbocycles. The number of aryl methyl sites for hydroxylation is 1. The lowest BCUT2D eigenvalue weighted by Gasteiger charge is -2.07. The Balaban J connectivity index is 2.21. The minimum atomic E-state index is -0.173. The number of carbonyl (C=O) groups excluding carboxylic acids is 1. The molecule has 0 saturated carbocycles. The van der Waals surface area contributed by atoms with Crippen molar-refractivity contribution in [3.63, 3.8) is 0 Å². The van der Waals surface area contributed by atoms with Crippen LogP contribution in [0.2, 0.25) is 0 Å². The van der Waals surface area contributed by atoms with E-state index in [4.69, 9.17) is 14.6 Å². The molecule has 112 valence electrons. The molecule has 0 spiro atoms. The number of esters is 1. The average Bonchev–Trinajstić information content (AvgIpc) is 2.48. The summed E-state index contributed by atoms with van der Waals surface area (Å²) in [5.74, 6) is 0.613. The molecule has 1 N–H and O–H groups in total. The summed E-state index contributed by atoms with van der Waals surface area (Å²) in [6.07, 6.45) is 2.06. The maximum absolute atomic E-state index is 11.0. The van der Waals surface area contributed by atoms with Crippen LogP contribution in [0.5, 0.6) is 5.75 Å². The van der Waals surface area contributed by atoms with E-state index in [2.05, 4.69) is 4.74 Å². The summed E-state index contributed by atoms with van der Waals surface area (Å²) < 4.78 is 15.2. The summed E-state index contributed by atoms with van der Waals surface area (Å²) in [5, 5.41) is 8.54. The van der Waals surface area contributed by atoms with E-state index in [9.17, 15) is 4.79 Å². The highest BCUT2D eigenvalue weighted by Gasteiger charge is 2.01. The van der Waals surface area contributed by atoms with Crippen molar-refractivity contribution in [2.75, 3.05) is 33.5 Å². The summed E-state index contributed by atoms with van der Waals surface area (Å²) in [4.78, 5) is 11.0. The number of carbonyl (C=O) groups is 1. The standard InChI is InChI=1S/C15H22O5/c1-18-15(17)4-2-3-13-5-7-14(8-6-13)20-12-11-19-10-9-16/h5-8,16H,2-4,9-12H2,1H3. The van der Waals surface area contributed by atoms with Crippen molar-refractivity contribution in [1.29, 1.82) is 0 Å². The Morgan fingerprint density at radius 2 is 1.90 bits per heavy atom. The van der Waals surface area contributed by atoms with E-state index in [1.54, 1.807) is 0 Å². The van der Waals surface area contributed by atoms with Gasteiger partial charge in [-0.1, -0.05) is 12.1 Å². The molecule has 0 amide bonds. The second kappa shape index (κ2) is 10.2. The second-order valence-electron chi connectivity index (χ2n) is 4.26. The molecule has 0 heterocycles. The number of benzene rings is 1. The summed E-state index contributed by atoms with van der Waals surface area (Å²) >= 11 is 0. The first-order valence-electron chi connectivity index (χ1n) is 6.73. The van der Waals surface area contributed by atoms with E-state index in [-0.39, 0.29) is 12.6 Å². The quantitative estimate of drug-likeness (QED) is 0.521. The molecule has 0 unspecified atom stereocenters. The van der Waals surface area contributed by atoms with Crippen molar-refractivity contribution in [3.05, 3.63) is 29.8 Å². The van der Waals surface area contributed by atoms with Gasteiger partial charge in [-0.25, -0.2) is 0 Å². The molecule has 0 saturated heterocycles. The molecule has 5 heteroatoms. The number of ether oxygens (including phenoxy) is 3. The number of rotatable bonds is 10. The van der Waals surface area contributed by atoms with Crippen molar-refractivity contribution in [1.82, 2.24) is 0 Å². The highest BCUT2D eigenvalue weighted by atomic mass is 16.5. The maximum Gasteiger partial charge on any atom is 0.305 e. The predicted octanol–water partition coefficient (Wildman–Crippen LogP) is 1.57. The maximum atomic E-state index is 11.0. The molecule has 0 bridgehead atoms. The zero-order valence-electron chi connectivity index (χ0n) is 11.8. The fourth-order valence-corrected chi connectivity index (χ4v) is 1.68. The molecule has 0 aromatic heterocycles. The second-order valence-corrected chi connectivity index (χ2v) is 4.26. The minimum absolute atomic E-state index is 0.0280. The van der Waals surface area contributed by atoms with E-state index < -0.39 is 0 Å². The van der Waals surface area contributed by atoms with Gasteiger partial charge in [0.2, 0.25) is 0 Å². The first-order chi connectivity index (χ1) is 9.76. The van der Waals surface area contributed by atoms with Crippen LogP contribution < -0.4 is 4.74 Å². The monoisotopic (exact) mass is 282 g/mol. The Kier molecular flexibility index (Phi) is 8.42. The Bertz CT molecular complexity index is 374. The Morgan fingerprint density at radius 3 is 2.55 bits per heavy atom. The lowest BCUT2D eigenvalue weighted by molar-refractivity contribution is -0.140. The lowest BCUT2D eigenvalue weighted by atomic mass is 10.1. The molecule has 20 heavy (non-hydrogen) atoms. The van der Waals surface area contributed by atoms with Gasteiger partial charge in [-0.2, -0.15) is 0 Å². The van der Waals surface area contributed by atoms with Crippen molar-refractivity contribution in [2.24, 2.45) is 0 Å². The first-order valence-corrected chi connectivity index (χ1v) is 6.73. The first kappa shape index (κ1) is 16.5. The van der Waals surface area contributed by atoms with Gasteiger partial charge in [-0.15, -0.1) is 0 Å². The summed E-state index contributed by atoms with van der Waals surface area (Å²) in [5.41, 5.74) is 1.16. The van der Waals surface area contributed by atoms with E-state index in [0.29, 0.717) is 26.2 Å². The molecular weight excluding hydrogens is 260 g/mol. The molecule has 5 nitrogen and oxygen atoms in total. The Labute approximate surface area is 119 Å². The van der Waals surface area contributed by atoms with Gasteiger partial charge < -0.3 is 19.3 Å². The van der Waals surface area contributed by atoms with Gasteiger partial charge in [0.05, 0.1) is 26.9 Å². The number of methoxy groups -OCH3 is 1. The van der Waals surface area contributed by atoms with Crippen molar-refractivity contribution in [3.8, 4) is 5.75 Å². The molecule has 0 fully saturated rings. The van der Waals surface area contributed by atoms with Crippen molar-refractivity contribution in [2.45, 2.75) is 19.3 Å². The average molecular weight is 282 g/mol. The molecule has 0 aliphatic carbocycles. The van der Waals surface area contributed by atoms with Crippen LogP contribution in [0.15, 0.2) is 24.3 Å². The van der Waals surface area contributed by atoms with Crippen molar-refractivity contribution < 1.29 is 24.1 Å². The molecule has 0 aliphatic heterocycles. The van der Waals surface area contributed by atoms with Crippen LogP contribution in [-0.2, 0) is 20.7 Å². The van der Waals surface area contributed by atoms with Crippen LogP contribution in [0, 0.1) is 0 Å². The van der Waals surface area contributed by atoms with Crippen LogP contribution >= 0.6 is 0 Å². The zero-order chi connectivity index (χ0) is 14.6. The normalized spacial score (nSPS) is 10.3. The molecule has 0 atom stereocenters.